The molecule has 0 N–H and O–H groups in total. The van der Waals surface area contributed by atoms with E-state index in [1.165, 1.54) is 18.4 Å². The number of fused-ring (bicyclic) bond motifs is 3. The molecule has 2 unspecified atom stereocenters. The molecule has 2 bridgehead atoms. The summed E-state index contributed by atoms with van der Waals surface area (Å²) >= 11 is 3.46. The van der Waals surface area contributed by atoms with E-state index < -0.39 is 5.60 Å². The third-order valence-corrected chi connectivity index (χ3v) is 6.96. The predicted octanol–water partition coefficient (Wildman–Crippen LogP) is 4.93. The molecule has 4 heterocycles. The van der Waals surface area contributed by atoms with Gasteiger partial charge in [-0.05, 0) is 87.1 Å². The number of rotatable bonds is 4. The van der Waals surface area contributed by atoms with Crippen LogP contribution in [0.4, 0.5) is 4.79 Å². The maximum atomic E-state index is 12.7. The first-order chi connectivity index (χ1) is 14.3. The molecular formula is C22H29BrN4O3. The Kier molecular flexibility index (Phi) is 4.95. The molecule has 2 saturated heterocycles. The highest BCUT2D eigenvalue weighted by atomic mass is 79.9. The van der Waals surface area contributed by atoms with Crippen LogP contribution in [0.1, 0.15) is 70.8 Å². The molecule has 5 rings (SSSR count). The lowest BCUT2D eigenvalue weighted by molar-refractivity contribution is -0.000986. The van der Waals surface area contributed by atoms with Crippen LogP contribution in [0.5, 0.6) is 5.75 Å². The van der Waals surface area contributed by atoms with Gasteiger partial charge in [0.15, 0.2) is 5.65 Å². The highest BCUT2D eigenvalue weighted by Gasteiger charge is 2.45. The van der Waals surface area contributed by atoms with E-state index in [1.54, 1.807) is 0 Å². The molecule has 1 amide bonds. The van der Waals surface area contributed by atoms with Crippen LogP contribution in [-0.2, 0) is 4.74 Å². The summed E-state index contributed by atoms with van der Waals surface area (Å²) in [5.74, 6) is 1.96. The van der Waals surface area contributed by atoms with Gasteiger partial charge in [-0.25, -0.2) is 4.79 Å². The molecule has 3 aliphatic rings. The summed E-state index contributed by atoms with van der Waals surface area (Å²) in [4.78, 5) is 14.7. The van der Waals surface area contributed by atoms with Gasteiger partial charge >= 0.3 is 6.09 Å². The highest BCUT2D eigenvalue weighted by Crippen LogP contribution is 2.45. The first kappa shape index (κ1) is 20.1. The van der Waals surface area contributed by atoms with Crippen molar-refractivity contribution in [2.75, 3.05) is 6.61 Å². The standard InChI is InChI=1S/C22H29BrN4O3/c1-22(2,3)30-21(28)27-15-6-7-16(27)9-13(8-15)12-29-18-10-19-24-25-20(23)26(19)11-17(18)14-4-5-14/h10-11,13-16H,4-9,12H2,1-3H3. The van der Waals surface area contributed by atoms with Crippen molar-refractivity contribution in [2.45, 2.75) is 82.9 Å². The zero-order chi connectivity index (χ0) is 21.0. The number of amides is 1. The Labute approximate surface area is 185 Å². The van der Waals surface area contributed by atoms with Crippen molar-refractivity contribution in [3.05, 3.63) is 22.6 Å². The summed E-state index contributed by atoms with van der Waals surface area (Å²) in [5, 5.41) is 8.33. The van der Waals surface area contributed by atoms with Gasteiger partial charge in [0, 0.05) is 29.9 Å². The van der Waals surface area contributed by atoms with Gasteiger partial charge < -0.3 is 14.4 Å². The summed E-state index contributed by atoms with van der Waals surface area (Å²) in [6.07, 6.45) is 8.45. The van der Waals surface area contributed by atoms with Crippen LogP contribution in [0.25, 0.3) is 5.65 Å². The smallest absolute Gasteiger partial charge is 0.410 e. The van der Waals surface area contributed by atoms with Crippen LogP contribution in [-0.4, -0.2) is 49.9 Å². The third-order valence-electron chi connectivity index (χ3n) is 6.42. The van der Waals surface area contributed by atoms with E-state index in [4.69, 9.17) is 9.47 Å². The number of piperidine rings is 1. The number of ether oxygens (including phenoxy) is 2. The maximum absolute atomic E-state index is 12.7. The average molecular weight is 477 g/mol. The van der Waals surface area contributed by atoms with Gasteiger partial charge in [-0.1, -0.05) is 0 Å². The van der Waals surface area contributed by atoms with Gasteiger partial charge in [0.05, 0.1) is 6.61 Å². The highest BCUT2D eigenvalue weighted by molar-refractivity contribution is 9.10. The fraction of sp³-hybridized carbons (Fsp3) is 0.682. The molecule has 0 aromatic carbocycles. The van der Waals surface area contributed by atoms with Gasteiger partial charge in [-0.3, -0.25) is 4.40 Å². The fourth-order valence-electron chi connectivity index (χ4n) is 4.98. The second kappa shape index (κ2) is 7.39. The van der Waals surface area contributed by atoms with Crippen LogP contribution in [0.2, 0.25) is 0 Å². The van der Waals surface area contributed by atoms with E-state index in [2.05, 4.69) is 32.3 Å². The quantitative estimate of drug-likeness (QED) is 0.625. The molecule has 2 aromatic heterocycles. The van der Waals surface area contributed by atoms with Crippen molar-refractivity contribution < 1.29 is 14.3 Å². The number of aromatic nitrogens is 3. The van der Waals surface area contributed by atoms with Gasteiger partial charge in [-0.15, -0.1) is 10.2 Å². The molecule has 8 heteroatoms. The summed E-state index contributed by atoms with van der Waals surface area (Å²) in [7, 11) is 0. The molecule has 2 atom stereocenters. The lowest BCUT2D eigenvalue weighted by Gasteiger charge is -2.39. The zero-order valence-corrected chi connectivity index (χ0v) is 19.4. The van der Waals surface area contributed by atoms with E-state index in [0.29, 0.717) is 18.4 Å². The van der Waals surface area contributed by atoms with Crippen LogP contribution in [0, 0.1) is 5.92 Å². The SMILES string of the molecule is CC(C)(C)OC(=O)N1C2CCC1CC(COc1cc3nnc(Br)n3cc1C1CC1)C2. The Bertz CT molecular complexity index is 951. The van der Waals surface area contributed by atoms with E-state index in [9.17, 15) is 4.79 Å². The maximum Gasteiger partial charge on any atom is 0.410 e. The van der Waals surface area contributed by atoms with Crippen LogP contribution < -0.4 is 4.74 Å². The first-order valence-corrected chi connectivity index (χ1v) is 11.8. The Morgan fingerprint density at radius 3 is 2.50 bits per heavy atom. The monoisotopic (exact) mass is 476 g/mol. The van der Waals surface area contributed by atoms with Crippen molar-refractivity contribution in [3.8, 4) is 5.75 Å². The molecule has 7 nitrogen and oxygen atoms in total. The van der Waals surface area contributed by atoms with Gasteiger partial charge in [0.25, 0.3) is 0 Å². The molecule has 1 aliphatic carbocycles. The lowest BCUT2D eigenvalue weighted by atomic mass is 9.91. The van der Waals surface area contributed by atoms with E-state index in [1.807, 2.05) is 36.1 Å². The second-order valence-corrected chi connectivity index (χ2v) is 10.7. The number of hydrogen-bond donors (Lipinski definition) is 0. The molecule has 162 valence electrons. The first-order valence-electron chi connectivity index (χ1n) is 11.0. The van der Waals surface area contributed by atoms with E-state index in [0.717, 1.165) is 41.8 Å². The second-order valence-electron chi connectivity index (χ2n) is 9.99. The Morgan fingerprint density at radius 2 is 1.87 bits per heavy atom. The van der Waals surface area contributed by atoms with Crippen molar-refractivity contribution in [1.82, 2.24) is 19.5 Å². The molecular weight excluding hydrogens is 448 g/mol. The minimum absolute atomic E-state index is 0.159. The van der Waals surface area contributed by atoms with Crippen molar-refractivity contribution in [1.29, 1.82) is 0 Å². The van der Waals surface area contributed by atoms with Crippen molar-refractivity contribution in [2.24, 2.45) is 5.92 Å². The molecule has 0 spiro atoms. The van der Waals surface area contributed by atoms with E-state index in [-0.39, 0.29) is 18.2 Å². The average Bonchev–Trinajstić information content (AvgIpc) is 3.40. The van der Waals surface area contributed by atoms with E-state index >= 15 is 0 Å². The van der Waals surface area contributed by atoms with Crippen LogP contribution in [0.15, 0.2) is 17.0 Å². The lowest BCUT2D eigenvalue weighted by Crippen LogP contribution is -2.49. The number of pyridine rings is 1. The summed E-state index contributed by atoms with van der Waals surface area (Å²) < 4.78 is 14.7. The number of nitrogens with zero attached hydrogens (tertiary/aromatic N) is 4. The van der Waals surface area contributed by atoms with Crippen molar-refractivity contribution >= 4 is 27.7 Å². The number of carbonyl (C=O) groups excluding carboxylic acids is 1. The van der Waals surface area contributed by atoms with Crippen molar-refractivity contribution in [3.63, 3.8) is 0 Å². The third kappa shape index (κ3) is 3.90. The molecule has 3 fully saturated rings. The van der Waals surface area contributed by atoms with Gasteiger partial charge in [0.1, 0.15) is 11.4 Å². The molecule has 0 radical (unpaired) electrons. The summed E-state index contributed by atoms with van der Waals surface area (Å²) in [5.41, 5.74) is 1.59. The van der Waals surface area contributed by atoms with Gasteiger partial charge in [-0.2, -0.15) is 0 Å². The Hall–Kier alpha value is -1.83. The summed E-state index contributed by atoms with van der Waals surface area (Å²) in [6, 6.07) is 2.55. The van der Waals surface area contributed by atoms with Gasteiger partial charge in [0.2, 0.25) is 4.73 Å². The number of hydrogen-bond acceptors (Lipinski definition) is 5. The largest absolute Gasteiger partial charge is 0.493 e. The number of halogens is 1. The Balaban J connectivity index is 1.26. The molecule has 1 saturated carbocycles. The molecule has 2 aliphatic heterocycles. The fourth-order valence-corrected chi connectivity index (χ4v) is 5.34. The number of carbonyl (C=O) groups is 1. The minimum atomic E-state index is -0.453. The van der Waals surface area contributed by atoms with Crippen LogP contribution >= 0.6 is 15.9 Å². The van der Waals surface area contributed by atoms with Crippen LogP contribution in [0.3, 0.4) is 0 Å². The Morgan fingerprint density at radius 1 is 1.17 bits per heavy atom. The minimum Gasteiger partial charge on any atom is -0.493 e. The normalized spacial score (nSPS) is 26.3. The topological polar surface area (TPSA) is 69.0 Å². The molecule has 2 aromatic rings. The summed E-state index contributed by atoms with van der Waals surface area (Å²) in [6.45, 7) is 6.46. The predicted molar refractivity (Wildman–Crippen MR) is 116 cm³/mol. The zero-order valence-electron chi connectivity index (χ0n) is 17.8. The molecule has 30 heavy (non-hydrogen) atoms.